The van der Waals surface area contributed by atoms with E-state index in [1.807, 2.05) is 0 Å². The van der Waals surface area contributed by atoms with Crippen LogP contribution < -0.4 is 9.64 Å². The number of benzene rings is 2. The summed E-state index contributed by atoms with van der Waals surface area (Å²) in [7, 11) is 0. The molecule has 1 aromatic heterocycles. The predicted molar refractivity (Wildman–Crippen MR) is 136 cm³/mol. The first-order valence-corrected chi connectivity index (χ1v) is 12.1. The van der Waals surface area contributed by atoms with Gasteiger partial charge < -0.3 is 14.6 Å². The molecule has 2 aliphatic rings. The summed E-state index contributed by atoms with van der Waals surface area (Å²) >= 11 is 0. The van der Waals surface area contributed by atoms with Crippen LogP contribution in [0.15, 0.2) is 72.4 Å². The Kier molecular flexibility index (Phi) is 6.48. The van der Waals surface area contributed by atoms with Gasteiger partial charge in [-0.1, -0.05) is 6.07 Å². The van der Waals surface area contributed by atoms with Gasteiger partial charge in [0.05, 0.1) is 29.5 Å². The molecule has 0 radical (unpaired) electrons. The maximum atomic E-state index is 13.3. The lowest BCUT2D eigenvalue weighted by atomic mass is 9.96. The van der Waals surface area contributed by atoms with E-state index in [-0.39, 0.29) is 17.4 Å². The van der Waals surface area contributed by atoms with Crippen LogP contribution in [0.4, 0.5) is 5.69 Å². The van der Waals surface area contributed by atoms with Crippen molar-refractivity contribution in [1.82, 2.24) is 4.98 Å². The van der Waals surface area contributed by atoms with E-state index in [1.165, 1.54) is 4.90 Å². The number of aliphatic hydroxyl groups is 1. The molecule has 8 heteroatoms. The number of carbonyl (C=O) groups is 3. The van der Waals surface area contributed by atoms with Crippen LogP contribution in [0.5, 0.6) is 5.75 Å². The average molecular weight is 499 g/mol. The lowest BCUT2D eigenvalue weighted by molar-refractivity contribution is -0.132. The second-order valence-electron chi connectivity index (χ2n) is 9.20. The first-order valence-electron chi connectivity index (χ1n) is 12.1. The zero-order valence-electron chi connectivity index (χ0n) is 20.5. The number of aromatic nitrogens is 1. The van der Waals surface area contributed by atoms with Crippen molar-refractivity contribution in [2.24, 2.45) is 0 Å². The fourth-order valence-electron chi connectivity index (χ4n) is 4.62. The molecule has 3 aromatic rings. The summed E-state index contributed by atoms with van der Waals surface area (Å²) in [6, 6.07) is 15.7. The van der Waals surface area contributed by atoms with Crippen LogP contribution in [0, 0.1) is 0 Å². The van der Waals surface area contributed by atoms with Crippen molar-refractivity contribution >= 4 is 29.1 Å². The van der Waals surface area contributed by atoms with Crippen molar-refractivity contribution in [3.63, 3.8) is 0 Å². The lowest BCUT2D eigenvalue weighted by Gasteiger charge is -2.25. The van der Waals surface area contributed by atoms with Gasteiger partial charge >= 0.3 is 5.97 Å². The fourth-order valence-corrected chi connectivity index (χ4v) is 4.62. The highest BCUT2D eigenvalue weighted by molar-refractivity contribution is 6.51. The summed E-state index contributed by atoms with van der Waals surface area (Å²) < 4.78 is 10.9. The Morgan fingerprint density at radius 3 is 2.54 bits per heavy atom. The topological polar surface area (TPSA) is 106 Å². The number of aliphatic hydroxyl groups excluding tert-OH is 1. The Balaban J connectivity index is 1.59. The molecule has 8 nitrogen and oxygen atoms in total. The molecule has 1 fully saturated rings. The van der Waals surface area contributed by atoms with E-state index in [9.17, 15) is 19.5 Å². The van der Waals surface area contributed by atoms with Crippen LogP contribution >= 0.6 is 0 Å². The number of amides is 1. The second kappa shape index (κ2) is 9.89. The fraction of sp³-hybridized carbons (Fsp3) is 0.241. The molecule has 1 atom stereocenters. The Bertz CT molecular complexity index is 1400. The minimum Gasteiger partial charge on any atom is -0.507 e. The quantitative estimate of drug-likeness (QED) is 0.237. The molecule has 2 aromatic carbocycles. The van der Waals surface area contributed by atoms with Crippen LogP contribution in [0.25, 0.3) is 5.76 Å². The smallest absolute Gasteiger partial charge is 0.338 e. The molecule has 37 heavy (non-hydrogen) atoms. The summed E-state index contributed by atoms with van der Waals surface area (Å²) in [5.41, 5.74) is 2.44. The highest BCUT2D eigenvalue weighted by Gasteiger charge is 2.47. The molecule has 2 aliphatic heterocycles. The molecule has 1 unspecified atom stereocenters. The molecule has 0 spiro atoms. The number of ketones is 1. The van der Waals surface area contributed by atoms with Gasteiger partial charge in [-0.15, -0.1) is 0 Å². The van der Waals surface area contributed by atoms with Gasteiger partial charge in [-0.2, -0.15) is 0 Å². The largest absolute Gasteiger partial charge is 0.507 e. The maximum Gasteiger partial charge on any atom is 0.338 e. The normalized spacial score (nSPS) is 18.5. The van der Waals surface area contributed by atoms with Crippen molar-refractivity contribution < 1.29 is 29.0 Å². The van der Waals surface area contributed by atoms with Crippen molar-refractivity contribution in [3.8, 4) is 5.75 Å². The minimum atomic E-state index is -0.957. The van der Waals surface area contributed by atoms with E-state index in [2.05, 4.69) is 4.98 Å². The summed E-state index contributed by atoms with van der Waals surface area (Å²) in [5.74, 6) is -1.62. The summed E-state index contributed by atoms with van der Waals surface area (Å²) in [6.45, 7) is 4.15. The number of pyridine rings is 1. The SMILES string of the molecule is CC(C)OC(=O)c1ccc(N2C(=O)C(=O)/C(=C(\O)c3ccc4c(c3)CCCO4)C2c2ccccn2)cc1. The molecular weight excluding hydrogens is 472 g/mol. The monoisotopic (exact) mass is 498 g/mol. The predicted octanol–water partition coefficient (Wildman–Crippen LogP) is 4.60. The molecule has 5 rings (SSSR count). The standard InChI is InChI=1S/C29H26N2O6/c1-17(2)37-29(35)18-8-11-21(12-9-18)31-25(22-7-3-4-14-30-22)24(27(33)28(31)34)26(32)20-10-13-23-19(16-20)6-5-15-36-23/h3-4,7-14,16-17,25,32H,5-6,15H2,1-2H3/b26-24-. The number of carbonyl (C=O) groups excluding carboxylic acids is 3. The highest BCUT2D eigenvalue weighted by atomic mass is 16.5. The van der Waals surface area contributed by atoms with Gasteiger partial charge in [0.25, 0.3) is 11.7 Å². The molecular formula is C29H26N2O6. The van der Waals surface area contributed by atoms with Crippen molar-refractivity contribution in [2.75, 3.05) is 11.5 Å². The van der Waals surface area contributed by atoms with E-state index in [0.717, 1.165) is 24.2 Å². The average Bonchev–Trinajstić information content (AvgIpc) is 3.18. The highest BCUT2D eigenvalue weighted by Crippen LogP contribution is 2.42. The molecule has 1 saturated heterocycles. The van der Waals surface area contributed by atoms with E-state index in [1.54, 1.807) is 80.7 Å². The van der Waals surface area contributed by atoms with Gasteiger partial charge in [-0.25, -0.2) is 4.79 Å². The number of rotatable bonds is 5. The van der Waals surface area contributed by atoms with E-state index < -0.39 is 23.7 Å². The Morgan fingerprint density at radius 1 is 1.08 bits per heavy atom. The van der Waals surface area contributed by atoms with Crippen molar-refractivity contribution in [3.05, 3.63) is 94.8 Å². The van der Waals surface area contributed by atoms with E-state index >= 15 is 0 Å². The zero-order chi connectivity index (χ0) is 26.1. The number of ether oxygens (including phenoxy) is 2. The summed E-state index contributed by atoms with van der Waals surface area (Å²) in [6.07, 6.45) is 2.94. The second-order valence-corrected chi connectivity index (χ2v) is 9.20. The lowest BCUT2D eigenvalue weighted by Crippen LogP contribution is -2.29. The zero-order valence-corrected chi connectivity index (χ0v) is 20.5. The number of nitrogens with zero attached hydrogens (tertiary/aromatic N) is 2. The molecule has 0 saturated carbocycles. The molecule has 188 valence electrons. The third-order valence-corrected chi connectivity index (χ3v) is 6.32. The van der Waals surface area contributed by atoms with Crippen LogP contribution in [0.3, 0.4) is 0 Å². The summed E-state index contributed by atoms with van der Waals surface area (Å²) in [5, 5.41) is 11.4. The molecule has 1 N–H and O–H groups in total. The van der Waals surface area contributed by atoms with Crippen LogP contribution in [-0.2, 0) is 20.7 Å². The minimum absolute atomic E-state index is 0.0522. The van der Waals surface area contributed by atoms with E-state index in [4.69, 9.17) is 9.47 Å². The van der Waals surface area contributed by atoms with E-state index in [0.29, 0.717) is 29.1 Å². The molecule has 3 heterocycles. The first kappa shape index (κ1) is 24.2. The Labute approximate surface area is 214 Å². The number of anilines is 1. The van der Waals surface area contributed by atoms with Crippen molar-refractivity contribution in [2.45, 2.75) is 38.8 Å². The number of Topliss-reactive ketones (excluding diaryl/α,β-unsaturated/α-hetero) is 1. The van der Waals surface area contributed by atoms with Gasteiger partial charge in [-0.3, -0.25) is 19.5 Å². The van der Waals surface area contributed by atoms with Crippen LogP contribution in [0.1, 0.15) is 53.5 Å². The Morgan fingerprint density at radius 2 is 1.84 bits per heavy atom. The molecule has 0 aliphatic carbocycles. The van der Waals surface area contributed by atoms with Gasteiger partial charge in [0.2, 0.25) is 0 Å². The van der Waals surface area contributed by atoms with Gasteiger partial charge in [-0.05, 0) is 86.8 Å². The van der Waals surface area contributed by atoms with Crippen molar-refractivity contribution in [1.29, 1.82) is 0 Å². The van der Waals surface area contributed by atoms with Crippen LogP contribution in [-0.4, -0.2) is 40.5 Å². The van der Waals surface area contributed by atoms with Gasteiger partial charge in [0, 0.05) is 17.4 Å². The number of aryl methyl sites for hydroxylation is 1. The number of hydrogen-bond donors (Lipinski definition) is 1. The Hall–Kier alpha value is -4.46. The van der Waals surface area contributed by atoms with Gasteiger partial charge in [0.15, 0.2) is 0 Å². The van der Waals surface area contributed by atoms with Gasteiger partial charge in [0.1, 0.15) is 17.6 Å². The maximum absolute atomic E-state index is 13.3. The number of fused-ring (bicyclic) bond motifs is 1. The summed E-state index contributed by atoms with van der Waals surface area (Å²) in [4.78, 5) is 44.6. The molecule has 1 amide bonds. The third kappa shape index (κ3) is 4.58. The third-order valence-electron chi connectivity index (χ3n) is 6.32. The van der Waals surface area contributed by atoms with Crippen LogP contribution in [0.2, 0.25) is 0 Å². The number of hydrogen-bond acceptors (Lipinski definition) is 7. The first-order chi connectivity index (χ1) is 17.8. The molecule has 0 bridgehead atoms. The number of esters is 1.